The molecule has 2 aliphatic heterocycles. The van der Waals surface area contributed by atoms with E-state index in [1.807, 2.05) is 6.92 Å². The van der Waals surface area contributed by atoms with Gasteiger partial charge < -0.3 is 9.72 Å². The second-order valence-corrected chi connectivity index (χ2v) is 8.33. The van der Waals surface area contributed by atoms with Crippen molar-refractivity contribution in [3.05, 3.63) is 56.3 Å². The normalized spacial score (nSPS) is 23.8. The minimum absolute atomic E-state index is 0.0557. The molecule has 2 aromatic rings. The molecule has 0 radical (unpaired) electrons. The van der Waals surface area contributed by atoms with Crippen LogP contribution in [0.1, 0.15) is 53.0 Å². The fourth-order valence-electron chi connectivity index (χ4n) is 5.38. The summed E-state index contributed by atoms with van der Waals surface area (Å²) in [6.45, 7) is 2.77. The molecule has 1 aromatic heterocycles. The Morgan fingerprint density at radius 2 is 1.93 bits per heavy atom. The Labute approximate surface area is 159 Å². The summed E-state index contributed by atoms with van der Waals surface area (Å²) in [6.07, 6.45) is 7.63. The molecule has 1 aromatic carbocycles. The molecule has 1 saturated heterocycles. The molecule has 0 saturated carbocycles. The number of aromatic nitrogens is 2. The lowest BCUT2D eigenvalue weighted by atomic mass is 9.98. The molecule has 3 heterocycles. The first-order chi connectivity index (χ1) is 13.1. The molecule has 1 N–H and O–H groups in total. The van der Waals surface area contributed by atoms with Crippen molar-refractivity contribution in [2.24, 2.45) is 0 Å². The van der Waals surface area contributed by atoms with Crippen molar-refractivity contribution in [2.45, 2.75) is 70.5 Å². The highest BCUT2D eigenvalue weighted by molar-refractivity contribution is 5.45. The van der Waals surface area contributed by atoms with Gasteiger partial charge in [-0.25, -0.2) is 4.98 Å². The average molecular weight is 365 g/mol. The van der Waals surface area contributed by atoms with E-state index in [0.717, 1.165) is 48.6 Å². The summed E-state index contributed by atoms with van der Waals surface area (Å²) in [5.74, 6) is 1.74. The quantitative estimate of drug-likeness (QED) is 0.909. The third-order valence-corrected chi connectivity index (χ3v) is 6.71. The Morgan fingerprint density at radius 1 is 1.19 bits per heavy atom. The van der Waals surface area contributed by atoms with Crippen LogP contribution in [0.2, 0.25) is 0 Å². The zero-order valence-electron chi connectivity index (χ0n) is 16.2. The lowest BCUT2D eigenvalue weighted by Gasteiger charge is -2.28. The van der Waals surface area contributed by atoms with Gasteiger partial charge in [-0.2, -0.15) is 0 Å². The molecule has 5 heteroatoms. The van der Waals surface area contributed by atoms with E-state index in [0.29, 0.717) is 12.1 Å². The molecule has 27 heavy (non-hydrogen) atoms. The minimum atomic E-state index is 0.0557. The Bertz CT molecular complexity index is 949. The molecule has 5 nitrogen and oxygen atoms in total. The van der Waals surface area contributed by atoms with Crippen LogP contribution < -0.4 is 10.3 Å². The summed E-state index contributed by atoms with van der Waals surface area (Å²) in [7, 11) is 1.78. The molecule has 0 amide bonds. The zero-order valence-corrected chi connectivity index (χ0v) is 16.2. The van der Waals surface area contributed by atoms with Gasteiger partial charge in [-0.05, 0) is 62.6 Å². The number of hydrogen-bond donors (Lipinski definition) is 1. The number of nitrogens with one attached hydrogen (secondary N) is 1. The van der Waals surface area contributed by atoms with Crippen molar-refractivity contribution in [1.29, 1.82) is 0 Å². The van der Waals surface area contributed by atoms with Crippen molar-refractivity contribution in [3.63, 3.8) is 0 Å². The summed E-state index contributed by atoms with van der Waals surface area (Å²) < 4.78 is 5.74. The molecule has 2 bridgehead atoms. The van der Waals surface area contributed by atoms with E-state index in [-0.39, 0.29) is 5.56 Å². The molecule has 3 aliphatic rings. The first kappa shape index (κ1) is 17.0. The van der Waals surface area contributed by atoms with Crippen molar-refractivity contribution < 1.29 is 4.74 Å². The van der Waals surface area contributed by atoms with E-state index >= 15 is 0 Å². The van der Waals surface area contributed by atoms with Crippen LogP contribution in [0.4, 0.5) is 0 Å². The van der Waals surface area contributed by atoms with E-state index in [9.17, 15) is 4.79 Å². The van der Waals surface area contributed by atoms with Crippen LogP contribution in [0.25, 0.3) is 0 Å². The fraction of sp³-hybridized carbons (Fsp3) is 0.545. The molecule has 1 aliphatic carbocycles. The second kappa shape index (κ2) is 6.48. The van der Waals surface area contributed by atoms with Gasteiger partial charge in [0.2, 0.25) is 0 Å². The number of hydrogen-bond acceptors (Lipinski definition) is 4. The van der Waals surface area contributed by atoms with Crippen LogP contribution in [0.5, 0.6) is 5.75 Å². The number of ether oxygens (including phenoxy) is 1. The third-order valence-electron chi connectivity index (χ3n) is 6.71. The molecular weight excluding hydrogens is 338 g/mol. The van der Waals surface area contributed by atoms with E-state index in [1.165, 1.54) is 42.4 Å². The standard InChI is InChI=1S/C22H27N3O2/c1-13-23-20-11-18-7-6-17(10-19(20)22(26)24-13)25(18)12-16-8-14-4-3-5-15(14)9-21(16)27-2/h8-9,17-18H,3-7,10-12H2,1-2H3,(H,23,24,26)/t17-,18-/m0/s1. The highest BCUT2D eigenvalue weighted by atomic mass is 16.5. The maximum atomic E-state index is 12.5. The average Bonchev–Trinajstić information content (AvgIpc) is 3.19. The van der Waals surface area contributed by atoms with Gasteiger partial charge in [0.25, 0.3) is 5.56 Å². The monoisotopic (exact) mass is 365 g/mol. The van der Waals surface area contributed by atoms with Gasteiger partial charge in [-0.3, -0.25) is 9.69 Å². The summed E-state index contributed by atoms with van der Waals surface area (Å²) in [5, 5.41) is 0. The first-order valence-corrected chi connectivity index (χ1v) is 10.2. The van der Waals surface area contributed by atoms with Crippen LogP contribution in [0.15, 0.2) is 16.9 Å². The topological polar surface area (TPSA) is 58.2 Å². The Kier molecular flexibility index (Phi) is 4.08. The SMILES string of the molecule is COc1cc2c(cc1CN1[C@H]3CC[C@H]1Cc1c(nc(C)[nH]c1=O)C3)CCC2. The third kappa shape index (κ3) is 2.89. The summed E-state index contributed by atoms with van der Waals surface area (Å²) in [4.78, 5) is 22.6. The number of H-pyrrole nitrogens is 1. The maximum Gasteiger partial charge on any atom is 0.254 e. The molecule has 0 unspecified atom stereocenters. The number of methoxy groups -OCH3 is 1. The van der Waals surface area contributed by atoms with Crippen LogP contribution in [-0.2, 0) is 32.2 Å². The van der Waals surface area contributed by atoms with Gasteiger partial charge in [0.1, 0.15) is 11.6 Å². The van der Waals surface area contributed by atoms with Crippen LogP contribution in [0.3, 0.4) is 0 Å². The number of nitrogens with zero attached hydrogens (tertiary/aromatic N) is 2. The van der Waals surface area contributed by atoms with Gasteiger partial charge >= 0.3 is 0 Å². The smallest absolute Gasteiger partial charge is 0.254 e. The number of aryl methyl sites for hydroxylation is 3. The van der Waals surface area contributed by atoms with Crippen molar-refractivity contribution >= 4 is 0 Å². The van der Waals surface area contributed by atoms with Gasteiger partial charge in [-0.15, -0.1) is 0 Å². The van der Waals surface area contributed by atoms with Crippen LogP contribution >= 0.6 is 0 Å². The maximum absolute atomic E-state index is 12.5. The minimum Gasteiger partial charge on any atom is -0.496 e. The number of aromatic amines is 1. The van der Waals surface area contributed by atoms with Gasteiger partial charge in [0.05, 0.1) is 12.8 Å². The summed E-state index contributed by atoms with van der Waals surface area (Å²) in [5.41, 5.74) is 6.20. The Morgan fingerprint density at radius 3 is 2.70 bits per heavy atom. The Balaban J connectivity index is 1.48. The van der Waals surface area contributed by atoms with E-state index < -0.39 is 0 Å². The van der Waals surface area contributed by atoms with Crippen LogP contribution in [-0.4, -0.2) is 34.1 Å². The zero-order chi connectivity index (χ0) is 18.5. The number of benzene rings is 1. The molecule has 5 rings (SSSR count). The predicted octanol–water partition coefficient (Wildman–Crippen LogP) is 2.71. The Hall–Kier alpha value is -2.14. The largest absolute Gasteiger partial charge is 0.496 e. The molecular formula is C22H27N3O2. The highest BCUT2D eigenvalue weighted by Crippen LogP contribution is 2.37. The van der Waals surface area contributed by atoms with Crippen molar-refractivity contribution in [1.82, 2.24) is 14.9 Å². The first-order valence-electron chi connectivity index (χ1n) is 10.2. The lowest BCUT2D eigenvalue weighted by Crippen LogP contribution is -2.36. The molecule has 2 atom stereocenters. The van der Waals surface area contributed by atoms with Gasteiger partial charge in [0.15, 0.2) is 0 Å². The van der Waals surface area contributed by atoms with E-state index in [4.69, 9.17) is 4.74 Å². The predicted molar refractivity (Wildman–Crippen MR) is 104 cm³/mol. The van der Waals surface area contributed by atoms with Crippen molar-refractivity contribution in [2.75, 3.05) is 7.11 Å². The number of fused-ring (bicyclic) bond motifs is 4. The lowest BCUT2D eigenvalue weighted by molar-refractivity contribution is 0.185. The summed E-state index contributed by atoms with van der Waals surface area (Å²) >= 11 is 0. The molecule has 142 valence electrons. The second-order valence-electron chi connectivity index (χ2n) is 8.33. The van der Waals surface area contributed by atoms with E-state index in [1.54, 1.807) is 7.11 Å². The molecule has 1 fully saturated rings. The fourth-order valence-corrected chi connectivity index (χ4v) is 5.38. The van der Waals surface area contributed by atoms with Gasteiger partial charge in [0, 0.05) is 36.2 Å². The van der Waals surface area contributed by atoms with Crippen molar-refractivity contribution in [3.8, 4) is 5.75 Å². The van der Waals surface area contributed by atoms with E-state index in [2.05, 4.69) is 27.0 Å². The van der Waals surface area contributed by atoms with Crippen LogP contribution in [0, 0.1) is 6.92 Å². The summed E-state index contributed by atoms with van der Waals surface area (Å²) in [6, 6.07) is 5.50. The highest BCUT2D eigenvalue weighted by Gasteiger charge is 2.38. The molecule has 0 spiro atoms. The number of rotatable bonds is 3. The van der Waals surface area contributed by atoms with Gasteiger partial charge in [-0.1, -0.05) is 6.07 Å².